The number of benzene rings is 7. The predicted octanol–water partition coefficient (Wildman–Crippen LogP) is 11.4. The molecule has 9 rings (SSSR count). The van der Waals surface area contributed by atoms with Crippen molar-refractivity contribution in [3.63, 3.8) is 0 Å². The molecule has 0 saturated carbocycles. The second kappa shape index (κ2) is 8.55. The van der Waals surface area contributed by atoms with E-state index in [1.807, 2.05) is 0 Å². The second-order valence-corrected chi connectivity index (χ2v) is 10.9. The first-order valence-electron chi connectivity index (χ1n) is 14.1. The van der Waals surface area contributed by atoms with Crippen LogP contribution >= 0.6 is 0 Å². The third kappa shape index (κ3) is 3.43. The SMILES string of the molecule is c1ccc(-c2ccc(-c3ccc4oc5ccc(-c6ccc7c(c6)-c6cccc8cccc-7c68)cc5c4c3)cc2)cc1. The first-order chi connectivity index (χ1) is 20.3. The molecule has 0 aliphatic heterocycles. The van der Waals surface area contributed by atoms with Crippen molar-refractivity contribution in [3.8, 4) is 55.6 Å². The van der Waals surface area contributed by atoms with Crippen molar-refractivity contribution >= 4 is 32.7 Å². The van der Waals surface area contributed by atoms with Gasteiger partial charge in [-0.05, 0) is 96.7 Å². The lowest BCUT2D eigenvalue weighted by Crippen LogP contribution is -1.82. The van der Waals surface area contributed by atoms with Crippen molar-refractivity contribution in [1.82, 2.24) is 0 Å². The van der Waals surface area contributed by atoms with Gasteiger partial charge in [0.1, 0.15) is 11.2 Å². The molecule has 0 N–H and O–H groups in total. The van der Waals surface area contributed by atoms with Crippen molar-refractivity contribution in [2.75, 3.05) is 0 Å². The molecule has 1 heteroatoms. The molecule has 0 unspecified atom stereocenters. The molecule has 1 heterocycles. The highest BCUT2D eigenvalue weighted by atomic mass is 16.3. The zero-order valence-corrected chi connectivity index (χ0v) is 22.3. The Morgan fingerprint density at radius 3 is 1.51 bits per heavy atom. The van der Waals surface area contributed by atoms with E-state index < -0.39 is 0 Å². The number of rotatable bonds is 3. The van der Waals surface area contributed by atoms with Gasteiger partial charge in [-0.25, -0.2) is 0 Å². The van der Waals surface area contributed by atoms with Crippen LogP contribution in [-0.4, -0.2) is 0 Å². The highest BCUT2D eigenvalue weighted by Gasteiger charge is 2.21. The lowest BCUT2D eigenvalue weighted by atomic mass is 9.96. The molecule has 0 radical (unpaired) electrons. The van der Waals surface area contributed by atoms with Crippen LogP contribution in [0.3, 0.4) is 0 Å². The van der Waals surface area contributed by atoms with E-state index in [0.29, 0.717) is 0 Å². The van der Waals surface area contributed by atoms with Gasteiger partial charge in [-0.15, -0.1) is 0 Å². The second-order valence-electron chi connectivity index (χ2n) is 10.9. The first-order valence-corrected chi connectivity index (χ1v) is 14.1. The van der Waals surface area contributed by atoms with Crippen molar-refractivity contribution in [1.29, 1.82) is 0 Å². The first kappa shape index (κ1) is 22.4. The molecule has 0 fully saturated rings. The molecule has 1 aliphatic carbocycles. The summed E-state index contributed by atoms with van der Waals surface area (Å²) in [6.45, 7) is 0. The molecule has 0 spiro atoms. The predicted molar refractivity (Wildman–Crippen MR) is 172 cm³/mol. The summed E-state index contributed by atoms with van der Waals surface area (Å²) in [5.41, 5.74) is 14.4. The molecule has 0 saturated heterocycles. The van der Waals surface area contributed by atoms with Crippen LogP contribution in [0.15, 0.2) is 150 Å². The third-order valence-corrected chi connectivity index (χ3v) is 8.63. The Balaban J connectivity index is 1.13. The van der Waals surface area contributed by atoms with Gasteiger partial charge in [0.05, 0.1) is 0 Å². The molecule has 1 nitrogen and oxygen atoms in total. The van der Waals surface area contributed by atoms with Crippen molar-refractivity contribution in [2.24, 2.45) is 0 Å². The molecular weight excluding hydrogens is 496 g/mol. The lowest BCUT2D eigenvalue weighted by Gasteiger charge is -2.07. The topological polar surface area (TPSA) is 13.1 Å². The largest absolute Gasteiger partial charge is 0.456 e. The van der Waals surface area contributed by atoms with Crippen LogP contribution in [0, 0.1) is 0 Å². The quantitative estimate of drug-likeness (QED) is 0.226. The van der Waals surface area contributed by atoms with Gasteiger partial charge in [-0.3, -0.25) is 0 Å². The van der Waals surface area contributed by atoms with Crippen LogP contribution in [0.2, 0.25) is 0 Å². The van der Waals surface area contributed by atoms with Gasteiger partial charge < -0.3 is 4.42 Å². The Labute approximate surface area is 237 Å². The molecule has 1 aliphatic rings. The summed E-state index contributed by atoms with van der Waals surface area (Å²) in [5.74, 6) is 0. The lowest BCUT2D eigenvalue weighted by molar-refractivity contribution is 0.669. The molecule has 7 aromatic carbocycles. The highest BCUT2D eigenvalue weighted by Crippen LogP contribution is 2.48. The van der Waals surface area contributed by atoms with Crippen LogP contribution in [0.4, 0.5) is 0 Å². The summed E-state index contributed by atoms with van der Waals surface area (Å²) < 4.78 is 6.27. The molecular formula is C40H24O. The van der Waals surface area contributed by atoms with E-state index in [1.54, 1.807) is 0 Å². The normalized spacial score (nSPS) is 11.9. The summed E-state index contributed by atoms with van der Waals surface area (Å²) >= 11 is 0. The molecule has 0 amide bonds. The standard InChI is InChI=1S/C40H24O/c1-2-6-25(7-3-1)26-12-14-27(15-13-26)29-17-20-38-36(23-29)37-24-31(18-21-39(37)41-38)30-16-19-32-33-10-4-8-28-9-5-11-34(40(28)33)35(32)22-30/h1-24H. The van der Waals surface area contributed by atoms with Gasteiger partial charge in [-0.2, -0.15) is 0 Å². The highest BCUT2D eigenvalue weighted by molar-refractivity contribution is 6.16. The van der Waals surface area contributed by atoms with Crippen LogP contribution in [0.1, 0.15) is 0 Å². The van der Waals surface area contributed by atoms with Crippen LogP contribution in [0.5, 0.6) is 0 Å². The molecule has 0 bridgehead atoms. The fourth-order valence-electron chi connectivity index (χ4n) is 6.59. The Kier molecular flexibility index (Phi) is 4.67. The molecule has 0 atom stereocenters. The summed E-state index contributed by atoms with van der Waals surface area (Å²) in [7, 11) is 0. The minimum atomic E-state index is 0.915. The van der Waals surface area contributed by atoms with Crippen molar-refractivity contribution in [2.45, 2.75) is 0 Å². The number of furan rings is 1. The number of hydrogen-bond acceptors (Lipinski definition) is 1. The summed E-state index contributed by atoms with van der Waals surface area (Å²) in [6.07, 6.45) is 0. The Morgan fingerprint density at radius 2 is 0.829 bits per heavy atom. The van der Waals surface area contributed by atoms with Gasteiger partial charge in [0.2, 0.25) is 0 Å². The minimum Gasteiger partial charge on any atom is -0.456 e. The summed E-state index contributed by atoms with van der Waals surface area (Å²) in [5, 5.41) is 4.95. The maximum atomic E-state index is 6.27. The van der Waals surface area contributed by atoms with E-state index in [2.05, 4.69) is 146 Å². The average Bonchev–Trinajstić information content (AvgIpc) is 3.57. The maximum Gasteiger partial charge on any atom is 0.135 e. The van der Waals surface area contributed by atoms with Crippen LogP contribution in [-0.2, 0) is 0 Å². The van der Waals surface area contributed by atoms with E-state index in [4.69, 9.17) is 4.42 Å². The fourth-order valence-corrected chi connectivity index (χ4v) is 6.59. The Bertz CT molecular complexity index is 2280. The van der Waals surface area contributed by atoms with Gasteiger partial charge in [0.25, 0.3) is 0 Å². The summed E-state index contributed by atoms with van der Waals surface area (Å²) in [4.78, 5) is 0. The van der Waals surface area contributed by atoms with E-state index in [-0.39, 0.29) is 0 Å². The van der Waals surface area contributed by atoms with Crippen LogP contribution < -0.4 is 0 Å². The Hall–Kier alpha value is -5.40. The smallest absolute Gasteiger partial charge is 0.135 e. The van der Waals surface area contributed by atoms with Crippen molar-refractivity contribution in [3.05, 3.63) is 146 Å². The molecule has 190 valence electrons. The zero-order chi connectivity index (χ0) is 26.9. The monoisotopic (exact) mass is 520 g/mol. The molecule has 8 aromatic rings. The molecule has 1 aromatic heterocycles. The Morgan fingerprint density at radius 1 is 0.317 bits per heavy atom. The number of hydrogen-bond donors (Lipinski definition) is 0. The van der Waals surface area contributed by atoms with E-state index >= 15 is 0 Å². The zero-order valence-electron chi connectivity index (χ0n) is 22.3. The summed E-state index contributed by atoms with van der Waals surface area (Å²) in [6, 6.07) is 52.6. The van der Waals surface area contributed by atoms with E-state index in [1.165, 1.54) is 66.4 Å². The fraction of sp³-hybridized carbons (Fsp3) is 0. The minimum absolute atomic E-state index is 0.915. The maximum absolute atomic E-state index is 6.27. The third-order valence-electron chi connectivity index (χ3n) is 8.63. The van der Waals surface area contributed by atoms with Gasteiger partial charge in [-0.1, -0.05) is 115 Å². The van der Waals surface area contributed by atoms with Gasteiger partial charge in [0, 0.05) is 10.8 Å². The van der Waals surface area contributed by atoms with Crippen molar-refractivity contribution < 1.29 is 4.42 Å². The van der Waals surface area contributed by atoms with Gasteiger partial charge >= 0.3 is 0 Å². The average molecular weight is 521 g/mol. The van der Waals surface area contributed by atoms with E-state index in [0.717, 1.165) is 21.9 Å². The molecule has 41 heavy (non-hydrogen) atoms. The number of fused-ring (bicyclic) bond motifs is 6. The van der Waals surface area contributed by atoms with E-state index in [9.17, 15) is 0 Å². The van der Waals surface area contributed by atoms with Gasteiger partial charge in [0.15, 0.2) is 0 Å². The van der Waals surface area contributed by atoms with Crippen LogP contribution in [0.25, 0.3) is 88.3 Å².